The van der Waals surface area contributed by atoms with Gasteiger partial charge in [0.1, 0.15) is 12.1 Å². The first-order chi connectivity index (χ1) is 15.7. The van der Waals surface area contributed by atoms with Crippen LogP contribution in [0.3, 0.4) is 0 Å². The minimum atomic E-state index is 0.656. The van der Waals surface area contributed by atoms with Gasteiger partial charge in [-0.2, -0.15) is 0 Å². The summed E-state index contributed by atoms with van der Waals surface area (Å²) in [5.74, 6) is 3.05. The van der Waals surface area contributed by atoms with Crippen LogP contribution in [0.1, 0.15) is 6.42 Å². The molecular formula is C25H31N5O2. The summed E-state index contributed by atoms with van der Waals surface area (Å²) >= 11 is 0. The third kappa shape index (κ3) is 4.17. The molecule has 168 valence electrons. The largest absolute Gasteiger partial charge is 0.493 e. The maximum Gasteiger partial charge on any atom is 0.162 e. The predicted octanol–water partition coefficient (Wildman–Crippen LogP) is 3.30. The van der Waals surface area contributed by atoms with E-state index in [1.807, 2.05) is 12.1 Å². The average molecular weight is 434 g/mol. The van der Waals surface area contributed by atoms with Crippen LogP contribution >= 0.6 is 0 Å². The van der Waals surface area contributed by atoms with Crippen LogP contribution in [0.4, 0.5) is 11.5 Å². The third-order valence-corrected chi connectivity index (χ3v) is 6.72. The summed E-state index contributed by atoms with van der Waals surface area (Å²) in [7, 11) is 3.31. The lowest BCUT2D eigenvalue weighted by molar-refractivity contribution is 0.225. The van der Waals surface area contributed by atoms with Gasteiger partial charge in [-0.1, -0.05) is 18.2 Å². The van der Waals surface area contributed by atoms with E-state index in [1.54, 1.807) is 20.5 Å². The molecule has 0 bridgehead atoms. The molecule has 5 rings (SSSR count). The van der Waals surface area contributed by atoms with Crippen molar-refractivity contribution in [3.63, 3.8) is 0 Å². The highest BCUT2D eigenvalue weighted by atomic mass is 16.5. The number of hydrogen-bond acceptors (Lipinski definition) is 7. The van der Waals surface area contributed by atoms with Crippen LogP contribution in [0, 0.1) is 5.92 Å². The second-order valence-corrected chi connectivity index (χ2v) is 8.65. The smallest absolute Gasteiger partial charge is 0.162 e. The monoisotopic (exact) mass is 433 g/mol. The summed E-state index contributed by atoms with van der Waals surface area (Å²) in [6, 6.07) is 14.7. The Labute approximate surface area is 189 Å². The van der Waals surface area contributed by atoms with Crippen LogP contribution in [0.5, 0.6) is 11.5 Å². The third-order valence-electron chi connectivity index (χ3n) is 6.72. The fourth-order valence-electron chi connectivity index (χ4n) is 4.99. The zero-order chi connectivity index (χ0) is 21.9. The fraction of sp³-hybridized carbons (Fsp3) is 0.440. The lowest BCUT2D eigenvalue weighted by atomic mass is 10.1. The molecule has 1 aromatic heterocycles. The molecule has 0 radical (unpaired) electrons. The van der Waals surface area contributed by atoms with Gasteiger partial charge >= 0.3 is 0 Å². The quantitative estimate of drug-likeness (QED) is 0.591. The van der Waals surface area contributed by atoms with Crippen molar-refractivity contribution in [2.75, 3.05) is 69.8 Å². The number of anilines is 2. The highest BCUT2D eigenvalue weighted by Crippen LogP contribution is 2.36. The Hall–Kier alpha value is -3.06. The molecule has 2 aliphatic rings. The highest BCUT2D eigenvalue weighted by molar-refractivity contribution is 5.92. The molecule has 0 saturated carbocycles. The van der Waals surface area contributed by atoms with Crippen molar-refractivity contribution in [2.24, 2.45) is 5.92 Å². The SMILES string of the molecule is COc1cc2ncnc(N3CCC(CN4CCN(c5ccccc5)CC4)C3)c2cc1OC. The number of fused-ring (bicyclic) bond motifs is 1. The maximum atomic E-state index is 5.51. The molecule has 1 atom stereocenters. The number of benzene rings is 2. The lowest BCUT2D eigenvalue weighted by Crippen LogP contribution is -2.48. The molecule has 0 amide bonds. The zero-order valence-electron chi connectivity index (χ0n) is 18.9. The normalized spacial score (nSPS) is 19.5. The molecule has 2 saturated heterocycles. The van der Waals surface area contributed by atoms with Gasteiger partial charge in [-0.05, 0) is 30.5 Å². The van der Waals surface area contributed by atoms with E-state index in [2.05, 4.69) is 55.0 Å². The van der Waals surface area contributed by atoms with Crippen LogP contribution in [0.25, 0.3) is 10.9 Å². The number of aromatic nitrogens is 2. The van der Waals surface area contributed by atoms with E-state index >= 15 is 0 Å². The van der Waals surface area contributed by atoms with E-state index in [0.29, 0.717) is 17.4 Å². The molecule has 3 heterocycles. The minimum absolute atomic E-state index is 0.656. The summed E-state index contributed by atoms with van der Waals surface area (Å²) in [6.45, 7) is 7.64. The Morgan fingerprint density at radius 3 is 2.38 bits per heavy atom. The van der Waals surface area contributed by atoms with Gasteiger partial charge in [-0.15, -0.1) is 0 Å². The lowest BCUT2D eigenvalue weighted by Gasteiger charge is -2.37. The van der Waals surface area contributed by atoms with Crippen molar-refractivity contribution in [1.29, 1.82) is 0 Å². The van der Waals surface area contributed by atoms with Gasteiger partial charge in [0.05, 0.1) is 19.7 Å². The van der Waals surface area contributed by atoms with Crippen molar-refractivity contribution in [2.45, 2.75) is 6.42 Å². The Balaban J connectivity index is 1.23. The Morgan fingerprint density at radius 2 is 1.62 bits per heavy atom. The van der Waals surface area contributed by atoms with E-state index in [-0.39, 0.29) is 0 Å². The number of nitrogens with zero attached hydrogens (tertiary/aromatic N) is 5. The molecule has 2 aromatic carbocycles. The molecule has 0 aliphatic carbocycles. The van der Waals surface area contributed by atoms with Crippen LogP contribution in [-0.4, -0.2) is 74.9 Å². The number of ether oxygens (including phenoxy) is 2. The minimum Gasteiger partial charge on any atom is -0.493 e. The van der Waals surface area contributed by atoms with Crippen LogP contribution in [0.2, 0.25) is 0 Å². The molecule has 2 fully saturated rings. The summed E-state index contributed by atoms with van der Waals surface area (Å²) in [4.78, 5) is 16.6. The van der Waals surface area contributed by atoms with Gasteiger partial charge in [0.2, 0.25) is 0 Å². The second-order valence-electron chi connectivity index (χ2n) is 8.65. The standard InChI is InChI=1S/C25H31N5O2/c1-31-23-14-21-22(15-24(23)32-2)26-18-27-25(21)30-9-8-19(17-30)16-28-10-12-29(13-11-28)20-6-4-3-5-7-20/h3-7,14-15,18-19H,8-13,16-17H2,1-2H3. The highest BCUT2D eigenvalue weighted by Gasteiger charge is 2.28. The van der Waals surface area contributed by atoms with E-state index in [1.165, 1.54) is 12.1 Å². The number of rotatable bonds is 6. The Morgan fingerprint density at radius 1 is 0.875 bits per heavy atom. The molecule has 32 heavy (non-hydrogen) atoms. The zero-order valence-corrected chi connectivity index (χ0v) is 18.9. The Bertz CT molecular complexity index is 1050. The van der Waals surface area contributed by atoms with Crippen molar-refractivity contribution >= 4 is 22.4 Å². The molecule has 1 unspecified atom stereocenters. The Kier molecular flexibility index (Phi) is 5.99. The van der Waals surface area contributed by atoms with Crippen molar-refractivity contribution in [3.8, 4) is 11.5 Å². The van der Waals surface area contributed by atoms with Gasteiger partial charge in [0, 0.05) is 63.0 Å². The predicted molar refractivity (Wildman–Crippen MR) is 128 cm³/mol. The maximum absolute atomic E-state index is 5.51. The van der Waals surface area contributed by atoms with Crippen LogP contribution < -0.4 is 19.3 Å². The molecule has 0 spiro atoms. The number of para-hydroxylation sites is 1. The number of methoxy groups -OCH3 is 2. The topological polar surface area (TPSA) is 54.0 Å². The van der Waals surface area contributed by atoms with E-state index in [4.69, 9.17) is 9.47 Å². The summed E-state index contributed by atoms with van der Waals surface area (Å²) in [5, 5.41) is 1.02. The summed E-state index contributed by atoms with van der Waals surface area (Å²) < 4.78 is 11.0. The van der Waals surface area contributed by atoms with E-state index in [0.717, 1.165) is 62.5 Å². The molecule has 3 aromatic rings. The first-order valence-electron chi connectivity index (χ1n) is 11.4. The van der Waals surface area contributed by atoms with E-state index < -0.39 is 0 Å². The van der Waals surface area contributed by atoms with Crippen molar-refractivity contribution < 1.29 is 9.47 Å². The van der Waals surface area contributed by atoms with Gasteiger partial charge in [-0.25, -0.2) is 9.97 Å². The van der Waals surface area contributed by atoms with E-state index in [9.17, 15) is 0 Å². The summed E-state index contributed by atoms with van der Waals surface area (Å²) in [5.41, 5.74) is 2.22. The average Bonchev–Trinajstić information content (AvgIpc) is 3.32. The first-order valence-corrected chi connectivity index (χ1v) is 11.4. The molecule has 7 heteroatoms. The molecule has 2 aliphatic heterocycles. The van der Waals surface area contributed by atoms with Gasteiger partial charge < -0.3 is 19.3 Å². The first kappa shape index (κ1) is 20.8. The van der Waals surface area contributed by atoms with Gasteiger partial charge in [0.15, 0.2) is 11.5 Å². The van der Waals surface area contributed by atoms with Gasteiger partial charge in [0.25, 0.3) is 0 Å². The number of piperazine rings is 1. The summed E-state index contributed by atoms with van der Waals surface area (Å²) in [6.07, 6.45) is 2.84. The van der Waals surface area contributed by atoms with Gasteiger partial charge in [-0.3, -0.25) is 4.90 Å². The van der Waals surface area contributed by atoms with Crippen molar-refractivity contribution in [1.82, 2.24) is 14.9 Å². The molecular weight excluding hydrogens is 402 g/mol. The second kappa shape index (κ2) is 9.20. The fourth-order valence-corrected chi connectivity index (χ4v) is 4.99. The van der Waals surface area contributed by atoms with Crippen LogP contribution in [-0.2, 0) is 0 Å². The molecule has 0 N–H and O–H groups in total. The van der Waals surface area contributed by atoms with Crippen molar-refractivity contribution in [3.05, 3.63) is 48.8 Å². The molecule has 7 nitrogen and oxygen atoms in total. The number of hydrogen-bond donors (Lipinski definition) is 0. The van der Waals surface area contributed by atoms with Crippen LogP contribution in [0.15, 0.2) is 48.8 Å².